The second-order valence-electron chi connectivity index (χ2n) is 10.8. The van der Waals surface area contributed by atoms with E-state index in [0.717, 1.165) is 62.7 Å². The Morgan fingerprint density at radius 3 is 2.36 bits per heavy atom. The van der Waals surface area contributed by atoms with Gasteiger partial charge in [0.25, 0.3) is 5.56 Å². The van der Waals surface area contributed by atoms with Crippen LogP contribution >= 0.6 is 0 Å². The Morgan fingerprint density at radius 2 is 1.62 bits per heavy atom. The number of hydrogen-bond acceptors (Lipinski definition) is 5. The highest BCUT2D eigenvalue weighted by molar-refractivity contribution is 6.16. The average molecular weight is 584 g/mol. The molecule has 39 heavy (non-hydrogen) atoms. The third kappa shape index (κ3) is 4.97. The van der Waals surface area contributed by atoms with Crippen molar-refractivity contribution in [2.75, 3.05) is 45.7 Å². The Kier molecular flexibility index (Phi) is 7.09. The van der Waals surface area contributed by atoms with Crippen molar-refractivity contribution in [3.8, 4) is 0 Å². The lowest BCUT2D eigenvalue weighted by Gasteiger charge is -2.29. The van der Waals surface area contributed by atoms with E-state index in [1.54, 1.807) is 4.40 Å². The van der Waals surface area contributed by atoms with Crippen LogP contribution in [0.4, 0.5) is 17.1 Å². The van der Waals surface area contributed by atoms with Gasteiger partial charge in [0.05, 0.1) is 56.6 Å². The van der Waals surface area contributed by atoms with Crippen molar-refractivity contribution in [1.82, 2.24) is 9.38 Å². The number of imidazole rings is 1. The van der Waals surface area contributed by atoms with Crippen LogP contribution in [0, 0.1) is 0 Å². The molecule has 198 valence electrons. The zero-order chi connectivity index (χ0) is 26.4. The lowest BCUT2D eigenvalue weighted by Crippen LogP contribution is -3.00. The summed E-state index contributed by atoms with van der Waals surface area (Å²) in [4.78, 5) is 20.6. The number of nitrogens with zero attached hydrogens (tertiary/aromatic N) is 6. The van der Waals surface area contributed by atoms with E-state index in [9.17, 15) is 4.79 Å². The first-order valence-electron chi connectivity index (χ1n) is 13.0. The zero-order valence-electron chi connectivity index (χ0n) is 22.6. The molecule has 0 radical (unpaired) electrons. The van der Waals surface area contributed by atoms with Crippen molar-refractivity contribution < 1.29 is 21.5 Å². The number of aromatic nitrogens is 2. The lowest BCUT2D eigenvalue weighted by molar-refractivity contribution is -0.868. The first kappa shape index (κ1) is 26.7. The highest BCUT2D eigenvalue weighted by Crippen LogP contribution is 2.34. The highest BCUT2D eigenvalue weighted by atomic mass is 79.9. The molecule has 2 aromatic heterocycles. The number of halogens is 1. The molecule has 0 aliphatic rings. The minimum Gasteiger partial charge on any atom is -1.00 e. The van der Waals surface area contributed by atoms with E-state index in [0.29, 0.717) is 11.0 Å². The van der Waals surface area contributed by atoms with Gasteiger partial charge in [0.15, 0.2) is 0 Å². The number of fused-ring (bicyclic) bond motifs is 4. The number of likely N-dealkylation sites (N-methyl/N-ethyl adjacent to an activating group) is 2. The van der Waals surface area contributed by atoms with Gasteiger partial charge in [-0.2, -0.15) is 10.2 Å². The number of azo groups is 1. The van der Waals surface area contributed by atoms with Crippen molar-refractivity contribution in [1.29, 1.82) is 0 Å². The maximum atomic E-state index is 13.4. The summed E-state index contributed by atoms with van der Waals surface area (Å²) in [6.07, 6.45) is 0. The van der Waals surface area contributed by atoms with Gasteiger partial charge in [0, 0.05) is 28.4 Å². The lowest BCUT2D eigenvalue weighted by atomic mass is 10.0. The summed E-state index contributed by atoms with van der Waals surface area (Å²) in [5.41, 5.74) is 4.90. The molecule has 0 saturated carbocycles. The van der Waals surface area contributed by atoms with Crippen LogP contribution < -0.4 is 27.4 Å². The van der Waals surface area contributed by atoms with Crippen LogP contribution in [0.5, 0.6) is 0 Å². The van der Waals surface area contributed by atoms with Crippen molar-refractivity contribution in [3.63, 3.8) is 0 Å². The van der Waals surface area contributed by atoms with Crippen LogP contribution in [-0.2, 0) is 0 Å². The van der Waals surface area contributed by atoms with E-state index in [2.05, 4.69) is 55.3 Å². The number of pyridine rings is 1. The van der Waals surface area contributed by atoms with Crippen LogP contribution in [0.25, 0.3) is 38.2 Å². The Labute approximate surface area is 237 Å². The molecule has 0 amide bonds. The number of quaternary nitrogens is 1. The molecule has 0 saturated heterocycles. The molecule has 6 rings (SSSR count). The summed E-state index contributed by atoms with van der Waals surface area (Å²) in [5, 5.41) is 12.6. The van der Waals surface area contributed by atoms with Crippen molar-refractivity contribution in [3.05, 3.63) is 89.2 Å². The minimum atomic E-state index is -0.0520. The van der Waals surface area contributed by atoms with Gasteiger partial charge >= 0.3 is 0 Å². The normalized spacial score (nSPS) is 12.2. The van der Waals surface area contributed by atoms with E-state index in [-0.39, 0.29) is 22.5 Å². The molecular weight excluding hydrogens is 552 g/mol. The Hall–Kier alpha value is -3.88. The molecule has 0 bridgehead atoms. The van der Waals surface area contributed by atoms with Crippen LogP contribution in [0.15, 0.2) is 93.9 Å². The summed E-state index contributed by atoms with van der Waals surface area (Å²) in [6, 6.07) is 25.8. The maximum absolute atomic E-state index is 13.4. The molecule has 0 aliphatic heterocycles. The van der Waals surface area contributed by atoms with E-state index in [1.165, 1.54) is 5.69 Å². The van der Waals surface area contributed by atoms with E-state index in [4.69, 9.17) is 4.98 Å². The molecule has 0 N–H and O–H groups in total. The number of benzene rings is 4. The van der Waals surface area contributed by atoms with E-state index >= 15 is 0 Å². The van der Waals surface area contributed by atoms with Gasteiger partial charge in [-0.15, -0.1) is 0 Å². The Morgan fingerprint density at radius 1 is 0.872 bits per heavy atom. The molecule has 2 heterocycles. The van der Waals surface area contributed by atoms with Gasteiger partial charge in [-0.05, 0) is 66.9 Å². The SMILES string of the molecule is CCN(CC[N+](C)(C)C)c1ccc(N=Nc2cc3cccc4c(=O)n5c6ccccc6nc5c(c2)c34)cc1.[Br-]. The van der Waals surface area contributed by atoms with Gasteiger partial charge in [-0.3, -0.25) is 9.20 Å². The predicted octanol–water partition coefficient (Wildman–Crippen LogP) is 3.54. The summed E-state index contributed by atoms with van der Waals surface area (Å²) in [6.45, 7) is 5.20. The van der Waals surface area contributed by atoms with E-state index in [1.807, 2.05) is 66.7 Å². The molecule has 6 aromatic rings. The fourth-order valence-corrected chi connectivity index (χ4v) is 5.09. The molecule has 8 heteroatoms. The third-order valence-corrected chi connectivity index (χ3v) is 7.12. The maximum Gasteiger partial charge on any atom is 0.264 e. The molecule has 0 fully saturated rings. The number of anilines is 1. The van der Waals surface area contributed by atoms with Crippen molar-refractivity contribution >= 4 is 55.3 Å². The predicted molar refractivity (Wildman–Crippen MR) is 157 cm³/mol. The summed E-state index contributed by atoms with van der Waals surface area (Å²) < 4.78 is 2.65. The molecule has 4 aromatic carbocycles. The molecule has 0 atom stereocenters. The average Bonchev–Trinajstić information content (AvgIpc) is 3.31. The topological polar surface area (TPSA) is 62.3 Å². The smallest absolute Gasteiger partial charge is 0.264 e. The zero-order valence-corrected chi connectivity index (χ0v) is 24.2. The minimum absolute atomic E-state index is 0. The number of hydrogen-bond donors (Lipinski definition) is 0. The van der Waals surface area contributed by atoms with Gasteiger partial charge in [-0.25, -0.2) is 4.98 Å². The number of rotatable bonds is 7. The van der Waals surface area contributed by atoms with E-state index < -0.39 is 0 Å². The van der Waals surface area contributed by atoms with Crippen molar-refractivity contribution in [2.24, 2.45) is 10.2 Å². The second-order valence-corrected chi connectivity index (χ2v) is 10.8. The first-order chi connectivity index (χ1) is 18.3. The Balaban J connectivity index is 0.00000308. The monoisotopic (exact) mass is 582 g/mol. The summed E-state index contributed by atoms with van der Waals surface area (Å²) >= 11 is 0. The second kappa shape index (κ2) is 10.4. The molecule has 0 spiro atoms. The summed E-state index contributed by atoms with van der Waals surface area (Å²) in [7, 11) is 6.64. The fourth-order valence-electron chi connectivity index (χ4n) is 5.09. The van der Waals surface area contributed by atoms with Crippen LogP contribution in [0.1, 0.15) is 6.92 Å². The third-order valence-electron chi connectivity index (χ3n) is 7.12. The molecule has 0 aliphatic carbocycles. The van der Waals surface area contributed by atoms with Gasteiger partial charge in [-0.1, -0.05) is 24.3 Å². The van der Waals surface area contributed by atoms with Crippen molar-refractivity contribution in [2.45, 2.75) is 6.92 Å². The van der Waals surface area contributed by atoms with Crippen LogP contribution in [0.2, 0.25) is 0 Å². The first-order valence-corrected chi connectivity index (χ1v) is 13.0. The highest BCUT2D eigenvalue weighted by Gasteiger charge is 2.17. The van der Waals surface area contributed by atoms with Gasteiger partial charge < -0.3 is 26.4 Å². The standard InChI is InChI=1S/C31H31N6O.BrH/c1-5-35(17-18-37(2,3)4)24-15-13-22(14-16-24)33-34-23-19-21-9-8-10-25-29(21)26(20-23)30-32-27-11-6-7-12-28(27)36(30)31(25)38;/h6-16,19-20H,5,17-18H2,1-4H3;1H/q+1;/p-1. The number of para-hydroxylation sites is 2. The molecule has 0 unspecified atom stereocenters. The van der Waals surface area contributed by atoms with Crippen LogP contribution in [-0.4, -0.2) is 54.6 Å². The molecule has 7 nitrogen and oxygen atoms in total. The fraction of sp³-hybridized carbons (Fsp3) is 0.226. The molecular formula is C31H31BrN6O. The Bertz CT molecular complexity index is 1870. The quantitative estimate of drug-likeness (QED) is 0.214. The largest absolute Gasteiger partial charge is 1.00 e. The summed E-state index contributed by atoms with van der Waals surface area (Å²) in [5.74, 6) is 0. The van der Waals surface area contributed by atoms with Gasteiger partial charge in [0.2, 0.25) is 0 Å². The van der Waals surface area contributed by atoms with Gasteiger partial charge in [0.1, 0.15) is 5.65 Å². The van der Waals surface area contributed by atoms with Crippen LogP contribution in [0.3, 0.4) is 0 Å².